The number of hydrogen-bond donors (Lipinski definition) is 0. The lowest BCUT2D eigenvalue weighted by Gasteiger charge is -2.46. The molecule has 1 aromatic carbocycles. The lowest BCUT2D eigenvalue weighted by Crippen LogP contribution is -2.46. The molecule has 186 valence electrons. The van der Waals surface area contributed by atoms with Gasteiger partial charge in [0, 0.05) is 62.8 Å². The number of piperazine rings is 1. The Bertz CT molecular complexity index is 922. The SMILES string of the molecule is CC1(C)CC(c2cc(N3CCOCC3)ccc2N2CCN(Cc3ccoc3)CC2)CC(C)(C)C1. The minimum atomic E-state index is 0.377. The Hall–Kier alpha value is -1.98. The van der Waals surface area contributed by atoms with E-state index in [1.807, 2.05) is 6.26 Å². The summed E-state index contributed by atoms with van der Waals surface area (Å²) in [6, 6.07) is 9.42. The van der Waals surface area contributed by atoms with Gasteiger partial charge in [-0.15, -0.1) is 0 Å². The van der Waals surface area contributed by atoms with Gasteiger partial charge in [-0.1, -0.05) is 27.7 Å². The molecule has 34 heavy (non-hydrogen) atoms. The minimum Gasteiger partial charge on any atom is -0.472 e. The van der Waals surface area contributed by atoms with Gasteiger partial charge in [0.25, 0.3) is 0 Å². The van der Waals surface area contributed by atoms with Crippen LogP contribution >= 0.6 is 0 Å². The number of nitrogens with zero attached hydrogens (tertiary/aromatic N) is 3. The van der Waals surface area contributed by atoms with Crippen molar-refractivity contribution in [3.05, 3.63) is 47.9 Å². The number of benzene rings is 1. The van der Waals surface area contributed by atoms with Crippen LogP contribution in [0.1, 0.15) is 64.0 Å². The van der Waals surface area contributed by atoms with E-state index < -0.39 is 0 Å². The molecule has 5 rings (SSSR count). The molecule has 1 aromatic heterocycles. The highest BCUT2D eigenvalue weighted by atomic mass is 16.5. The third-order valence-electron chi connectivity index (χ3n) is 8.08. The summed E-state index contributed by atoms with van der Waals surface area (Å²) in [5, 5.41) is 0. The number of anilines is 2. The van der Waals surface area contributed by atoms with E-state index in [9.17, 15) is 0 Å². The first-order valence-electron chi connectivity index (χ1n) is 13.2. The van der Waals surface area contributed by atoms with E-state index in [1.54, 1.807) is 11.8 Å². The summed E-state index contributed by atoms with van der Waals surface area (Å²) in [5.74, 6) is 0.610. The molecule has 1 aliphatic carbocycles. The van der Waals surface area contributed by atoms with E-state index >= 15 is 0 Å². The largest absolute Gasteiger partial charge is 0.472 e. The zero-order valence-corrected chi connectivity index (χ0v) is 21.7. The predicted molar refractivity (Wildman–Crippen MR) is 140 cm³/mol. The van der Waals surface area contributed by atoms with Gasteiger partial charge in [0.2, 0.25) is 0 Å². The Balaban J connectivity index is 1.40. The fraction of sp³-hybridized carbons (Fsp3) is 0.655. The van der Waals surface area contributed by atoms with Gasteiger partial charge in [0.15, 0.2) is 0 Å². The Morgan fingerprint density at radius 1 is 0.853 bits per heavy atom. The van der Waals surface area contributed by atoms with Gasteiger partial charge in [0.05, 0.1) is 25.7 Å². The molecular formula is C29H43N3O2. The van der Waals surface area contributed by atoms with Crippen LogP contribution in [-0.4, -0.2) is 57.4 Å². The van der Waals surface area contributed by atoms with Crippen LogP contribution in [-0.2, 0) is 11.3 Å². The van der Waals surface area contributed by atoms with Crippen molar-refractivity contribution in [2.45, 2.75) is 59.4 Å². The monoisotopic (exact) mass is 465 g/mol. The van der Waals surface area contributed by atoms with Gasteiger partial charge in [0.1, 0.15) is 0 Å². The number of hydrogen-bond acceptors (Lipinski definition) is 5. The molecule has 2 saturated heterocycles. The Morgan fingerprint density at radius 3 is 2.21 bits per heavy atom. The van der Waals surface area contributed by atoms with E-state index in [1.165, 1.54) is 36.2 Å². The summed E-state index contributed by atoms with van der Waals surface area (Å²) in [4.78, 5) is 7.72. The van der Waals surface area contributed by atoms with Crippen LogP contribution in [0, 0.1) is 10.8 Å². The molecule has 3 heterocycles. The van der Waals surface area contributed by atoms with E-state index in [0.717, 1.165) is 59.0 Å². The second-order valence-electron chi connectivity index (χ2n) is 12.3. The molecule has 3 aliphatic rings. The number of ether oxygens (including phenoxy) is 1. The van der Waals surface area contributed by atoms with Gasteiger partial charge < -0.3 is 19.0 Å². The normalized spacial score (nSPS) is 23.9. The smallest absolute Gasteiger partial charge is 0.0947 e. The highest BCUT2D eigenvalue weighted by Crippen LogP contribution is 2.53. The third-order valence-corrected chi connectivity index (χ3v) is 8.08. The molecule has 0 spiro atoms. The van der Waals surface area contributed by atoms with Crippen molar-refractivity contribution in [2.24, 2.45) is 10.8 Å². The molecule has 0 radical (unpaired) electrons. The van der Waals surface area contributed by atoms with E-state index in [4.69, 9.17) is 9.15 Å². The summed E-state index contributed by atoms with van der Waals surface area (Å²) >= 11 is 0. The summed E-state index contributed by atoms with van der Waals surface area (Å²) in [6.45, 7) is 18.9. The lowest BCUT2D eigenvalue weighted by molar-refractivity contribution is 0.0969. The highest BCUT2D eigenvalue weighted by Gasteiger charge is 2.40. The van der Waals surface area contributed by atoms with Crippen molar-refractivity contribution >= 4 is 11.4 Å². The molecule has 1 saturated carbocycles. The van der Waals surface area contributed by atoms with Crippen molar-refractivity contribution in [3.63, 3.8) is 0 Å². The number of furan rings is 1. The summed E-state index contributed by atoms with van der Waals surface area (Å²) in [7, 11) is 0. The first-order valence-corrected chi connectivity index (χ1v) is 13.2. The molecule has 5 nitrogen and oxygen atoms in total. The van der Waals surface area contributed by atoms with Crippen LogP contribution in [0.15, 0.2) is 41.2 Å². The summed E-state index contributed by atoms with van der Waals surface area (Å²) < 4.78 is 10.9. The molecule has 0 unspecified atom stereocenters. The van der Waals surface area contributed by atoms with Crippen LogP contribution < -0.4 is 9.80 Å². The molecule has 2 aromatic rings. The summed E-state index contributed by atoms with van der Waals surface area (Å²) in [5.41, 5.74) is 6.45. The Morgan fingerprint density at radius 2 is 1.56 bits per heavy atom. The quantitative estimate of drug-likeness (QED) is 0.561. The van der Waals surface area contributed by atoms with Gasteiger partial charge in [-0.2, -0.15) is 0 Å². The maximum Gasteiger partial charge on any atom is 0.0947 e. The lowest BCUT2D eigenvalue weighted by atomic mass is 9.60. The topological polar surface area (TPSA) is 32.1 Å². The van der Waals surface area contributed by atoms with Crippen molar-refractivity contribution in [2.75, 3.05) is 62.3 Å². The van der Waals surface area contributed by atoms with Gasteiger partial charge in [-0.3, -0.25) is 4.90 Å². The first kappa shape index (κ1) is 23.7. The second-order valence-corrected chi connectivity index (χ2v) is 12.3. The van der Waals surface area contributed by atoms with Crippen LogP contribution in [0.3, 0.4) is 0 Å². The fourth-order valence-electron chi connectivity index (χ4n) is 7.03. The average Bonchev–Trinajstić information content (AvgIpc) is 3.31. The molecule has 0 N–H and O–H groups in total. The Labute approximate surface area is 206 Å². The summed E-state index contributed by atoms with van der Waals surface area (Å²) in [6.07, 6.45) is 7.51. The second kappa shape index (κ2) is 9.58. The standard InChI is InChI=1S/C29H43N3O2/c1-28(2)18-24(19-29(3,4)22-28)26-17-25(31-12-15-33-16-13-31)5-6-27(26)32-10-8-30(9-11-32)20-23-7-14-34-21-23/h5-7,14,17,21,24H,8-13,15-16,18-20,22H2,1-4H3. The minimum absolute atomic E-state index is 0.377. The zero-order chi connectivity index (χ0) is 23.8. The fourth-order valence-corrected chi connectivity index (χ4v) is 7.03. The third kappa shape index (κ3) is 5.46. The van der Waals surface area contributed by atoms with Gasteiger partial charge in [-0.25, -0.2) is 0 Å². The van der Waals surface area contributed by atoms with Crippen LogP contribution in [0.25, 0.3) is 0 Å². The van der Waals surface area contributed by atoms with Crippen LogP contribution in [0.4, 0.5) is 11.4 Å². The van der Waals surface area contributed by atoms with Crippen molar-refractivity contribution in [3.8, 4) is 0 Å². The maximum atomic E-state index is 5.63. The van der Waals surface area contributed by atoms with E-state index in [2.05, 4.69) is 66.7 Å². The Kier molecular flexibility index (Phi) is 6.69. The zero-order valence-electron chi connectivity index (χ0n) is 21.7. The highest BCUT2D eigenvalue weighted by molar-refractivity contribution is 5.64. The maximum absolute atomic E-state index is 5.63. The molecule has 0 bridgehead atoms. The molecule has 2 aliphatic heterocycles. The number of rotatable bonds is 5. The molecular weight excluding hydrogens is 422 g/mol. The van der Waals surface area contributed by atoms with Crippen molar-refractivity contribution in [1.29, 1.82) is 0 Å². The van der Waals surface area contributed by atoms with E-state index in [-0.39, 0.29) is 0 Å². The molecule has 5 heteroatoms. The molecule has 0 amide bonds. The number of morpholine rings is 1. The van der Waals surface area contributed by atoms with Crippen molar-refractivity contribution < 1.29 is 9.15 Å². The van der Waals surface area contributed by atoms with Crippen LogP contribution in [0.2, 0.25) is 0 Å². The molecule has 0 atom stereocenters. The first-order chi connectivity index (χ1) is 16.3. The van der Waals surface area contributed by atoms with Crippen molar-refractivity contribution in [1.82, 2.24) is 4.90 Å². The van der Waals surface area contributed by atoms with Crippen LogP contribution in [0.5, 0.6) is 0 Å². The van der Waals surface area contributed by atoms with Gasteiger partial charge >= 0.3 is 0 Å². The van der Waals surface area contributed by atoms with Gasteiger partial charge in [-0.05, 0) is 65.8 Å². The van der Waals surface area contributed by atoms with E-state index in [0.29, 0.717) is 16.7 Å². The average molecular weight is 466 g/mol. The molecule has 3 fully saturated rings. The predicted octanol–water partition coefficient (Wildman–Crippen LogP) is 5.76.